The first-order valence-electron chi connectivity index (χ1n) is 7.67. The second-order valence-electron chi connectivity index (χ2n) is 5.56. The van der Waals surface area contributed by atoms with Crippen LogP contribution in [0.25, 0.3) is 0 Å². The topological polar surface area (TPSA) is 53.6 Å². The summed E-state index contributed by atoms with van der Waals surface area (Å²) < 4.78 is 14.2. The highest BCUT2D eigenvalue weighted by Gasteiger charge is 2.14. The first-order chi connectivity index (χ1) is 11.2. The van der Waals surface area contributed by atoms with E-state index in [0.717, 1.165) is 37.1 Å². The highest BCUT2D eigenvalue weighted by atomic mass is 79.9. The second kappa shape index (κ2) is 7.55. The highest BCUT2D eigenvalue weighted by Crippen LogP contribution is 2.30. The summed E-state index contributed by atoms with van der Waals surface area (Å²) in [5.41, 5.74) is 1.70. The molecular weight excluding hydrogens is 359 g/mol. The number of nitrogens with zero attached hydrogens (tertiary/aromatic N) is 2. The van der Waals surface area contributed by atoms with Crippen LogP contribution in [0.4, 0.5) is 15.9 Å². The third-order valence-corrected chi connectivity index (χ3v) is 4.81. The minimum Gasteiger partial charge on any atom is -0.337 e. The predicted octanol–water partition coefficient (Wildman–Crippen LogP) is 4.87. The quantitative estimate of drug-likeness (QED) is 0.756. The number of hydrogen-bond acceptors (Lipinski definition) is 3. The zero-order chi connectivity index (χ0) is 16.1. The molecule has 0 saturated heterocycles. The zero-order valence-electron chi connectivity index (χ0n) is 12.6. The molecule has 4 nitrogen and oxygen atoms in total. The van der Waals surface area contributed by atoms with Crippen molar-refractivity contribution in [2.75, 3.05) is 5.32 Å². The number of nitrogens with one attached hydrogen (secondary N) is 2. The Morgan fingerprint density at radius 1 is 1.26 bits per heavy atom. The summed E-state index contributed by atoms with van der Waals surface area (Å²) in [6.07, 6.45) is 10.5. The van der Waals surface area contributed by atoms with Gasteiger partial charge in [-0.25, -0.2) is 4.39 Å². The van der Waals surface area contributed by atoms with Crippen molar-refractivity contribution in [3.05, 3.63) is 58.5 Å². The summed E-state index contributed by atoms with van der Waals surface area (Å²) in [6.45, 7) is 0. The smallest absolute Gasteiger partial charge is 0.175 e. The number of halogens is 2. The van der Waals surface area contributed by atoms with Crippen molar-refractivity contribution in [1.82, 2.24) is 15.4 Å². The van der Waals surface area contributed by atoms with Gasteiger partial charge in [0, 0.05) is 5.69 Å². The first-order valence-corrected chi connectivity index (χ1v) is 8.46. The van der Waals surface area contributed by atoms with Crippen LogP contribution >= 0.6 is 15.9 Å². The van der Waals surface area contributed by atoms with Gasteiger partial charge in [-0.2, -0.15) is 10.3 Å². The Bertz CT molecular complexity index is 706. The Labute approximate surface area is 143 Å². The van der Waals surface area contributed by atoms with Gasteiger partial charge in [0.15, 0.2) is 5.82 Å². The molecule has 0 saturated carbocycles. The summed E-state index contributed by atoms with van der Waals surface area (Å²) in [5.74, 6) is 1.01. The summed E-state index contributed by atoms with van der Waals surface area (Å²) in [5, 5.41) is 14.2. The van der Waals surface area contributed by atoms with E-state index in [1.807, 2.05) is 0 Å². The molecule has 1 heterocycles. The zero-order valence-corrected chi connectivity index (χ0v) is 14.2. The van der Waals surface area contributed by atoms with Crippen molar-refractivity contribution >= 4 is 27.4 Å². The van der Waals surface area contributed by atoms with Crippen LogP contribution < -0.4 is 5.32 Å². The molecule has 1 aliphatic rings. The van der Waals surface area contributed by atoms with Crippen LogP contribution in [0.5, 0.6) is 0 Å². The SMILES string of the molecule is Fc1ccc(Nc2n[nH]nc2CCCC2CC=CC=C2Br)cc1. The Morgan fingerprint density at radius 2 is 2.09 bits per heavy atom. The molecule has 0 aliphatic heterocycles. The lowest BCUT2D eigenvalue weighted by Gasteiger charge is -2.16. The van der Waals surface area contributed by atoms with Crippen molar-refractivity contribution in [2.24, 2.45) is 5.92 Å². The lowest BCUT2D eigenvalue weighted by atomic mass is 9.94. The normalized spacial score (nSPS) is 17.1. The standard InChI is InChI=1S/C17H18BrFN4/c18-15-6-2-1-4-12(15)5-3-7-16-17(22-23-21-16)20-14-10-8-13(19)9-11-14/h1-2,6,8-12H,3-5,7H2,(H2,20,21,22,23). The Morgan fingerprint density at radius 3 is 2.87 bits per heavy atom. The molecule has 0 spiro atoms. The van der Waals surface area contributed by atoms with Crippen LogP contribution in [0, 0.1) is 11.7 Å². The molecule has 2 N–H and O–H groups in total. The maximum atomic E-state index is 12.9. The molecule has 0 fully saturated rings. The molecule has 120 valence electrons. The van der Waals surface area contributed by atoms with Crippen LogP contribution in [0.15, 0.2) is 47.0 Å². The Kier molecular flexibility index (Phi) is 5.23. The van der Waals surface area contributed by atoms with Crippen LogP contribution in [0.3, 0.4) is 0 Å². The number of aromatic nitrogens is 3. The molecule has 0 radical (unpaired) electrons. The summed E-state index contributed by atoms with van der Waals surface area (Å²) in [6, 6.07) is 6.21. The maximum absolute atomic E-state index is 12.9. The molecule has 1 aromatic heterocycles. The summed E-state index contributed by atoms with van der Waals surface area (Å²) in [7, 11) is 0. The summed E-state index contributed by atoms with van der Waals surface area (Å²) in [4.78, 5) is 0. The van der Waals surface area contributed by atoms with E-state index >= 15 is 0 Å². The lowest BCUT2D eigenvalue weighted by Crippen LogP contribution is -2.03. The Balaban J connectivity index is 1.55. The molecule has 3 rings (SSSR count). The van der Waals surface area contributed by atoms with Gasteiger partial charge in [-0.05, 0) is 60.3 Å². The van der Waals surface area contributed by atoms with E-state index in [-0.39, 0.29) is 5.82 Å². The molecule has 0 amide bonds. The number of hydrogen-bond donors (Lipinski definition) is 2. The van der Waals surface area contributed by atoms with Crippen molar-refractivity contribution in [2.45, 2.75) is 25.7 Å². The van der Waals surface area contributed by atoms with Gasteiger partial charge in [0.1, 0.15) is 11.5 Å². The van der Waals surface area contributed by atoms with Crippen LogP contribution in [-0.2, 0) is 6.42 Å². The second-order valence-corrected chi connectivity index (χ2v) is 6.47. The number of benzene rings is 1. The molecule has 2 aromatic rings. The number of aromatic amines is 1. The average Bonchev–Trinajstić information content (AvgIpc) is 2.99. The van der Waals surface area contributed by atoms with E-state index in [9.17, 15) is 4.39 Å². The van der Waals surface area contributed by atoms with Gasteiger partial charge >= 0.3 is 0 Å². The fraction of sp³-hybridized carbons (Fsp3) is 0.294. The van der Waals surface area contributed by atoms with E-state index < -0.39 is 0 Å². The summed E-state index contributed by atoms with van der Waals surface area (Å²) >= 11 is 3.63. The minimum absolute atomic E-state index is 0.254. The number of rotatable bonds is 6. The van der Waals surface area contributed by atoms with Crippen LogP contribution in [-0.4, -0.2) is 15.4 Å². The van der Waals surface area contributed by atoms with E-state index in [2.05, 4.69) is 54.9 Å². The van der Waals surface area contributed by atoms with E-state index in [4.69, 9.17) is 0 Å². The monoisotopic (exact) mass is 376 g/mol. The lowest BCUT2D eigenvalue weighted by molar-refractivity contribution is 0.555. The van der Waals surface area contributed by atoms with Crippen LogP contribution in [0.1, 0.15) is 25.0 Å². The molecule has 0 bridgehead atoms. The maximum Gasteiger partial charge on any atom is 0.175 e. The van der Waals surface area contributed by atoms with Gasteiger partial charge in [-0.1, -0.05) is 34.2 Å². The van der Waals surface area contributed by atoms with Gasteiger partial charge in [-0.15, -0.1) is 5.10 Å². The Hall–Kier alpha value is -1.95. The van der Waals surface area contributed by atoms with Crippen molar-refractivity contribution in [1.29, 1.82) is 0 Å². The third kappa shape index (κ3) is 4.28. The third-order valence-electron chi connectivity index (χ3n) is 3.90. The number of aryl methyl sites for hydroxylation is 1. The molecule has 6 heteroatoms. The number of allylic oxidation sites excluding steroid dienone is 4. The van der Waals surface area contributed by atoms with E-state index in [0.29, 0.717) is 11.7 Å². The van der Waals surface area contributed by atoms with Gasteiger partial charge in [-0.3, -0.25) is 0 Å². The molecular formula is C17H18BrFN4. The van der Waals surface area contributed by atoms with Crippen molar-refractivity contribution in [3.63, 3.8) is 0 Å². The fourth-order valence-electron chi connectivity index (χ4n) is 2.62. The highest BCUT2D eigenvalue weighted by molar-refractivity contribution is 9.11. The number of H-pyrrole nitrogens is 1. The minimum atomic E-state index is -0.254. The van der Waals surface area contributed by atoms with Crippen molar-refractivity contribution in [3.8, 4) is 0 Å². The molecule has 1 aromatic carbocycles. The van der Waals surface area contributed by atoms with Crippen LogP contribution in [0.2, 0.25) is 0 Å². The number of anilines is 2. The van der Waals surface area contributed by atoms with Gasteiger partial charge in [0.2, 0.25) is 0 Å². The van der Waals surface area contributed by atoms with Gasteiger partial charge in [0.25, 0.3) is 0 Å². The van der Waals surface area contributed by atoms with E-state index in [1.165, 1.54) is 16.6 Å². The van der Waals surface area contributed by atoms with Crippen molar-refractivity contribution < 1.29 is 4.39 Å². The predicted molar refractivity (Wildman–Crippen MR) is 93.3 cm³/mol. The van der Waals surface area contributed by atoms with Gasteiger partial charge in [0.05, 0.1) is 0 Å². The molecule has 1 unspecified atom stereocenters. The molecule has 1 aliphatic carbocycles. The first kappa shape index (κ1) is 15.9. The molecule has 23 heavy (non-hydrogen) atoms. The molecule has 1 atom stereocenters. The van der Waals surface area contributed by atoms with Gasteiger partial charge < -0.3 is 5.32 Å². The average molecular weight is 377 g/mol. The fourth-order valence-corrected chi connectivity index (χ4v) is 3.19. The van der Waals surface area contributed by atoms with E-state index in [1.54, 1.807) is 12.1 Å². The largest absolute Gasteiger partial charge is 0.337 e.